The topological polar surface area (TPSA) is 36.4 Å². The number of halogens is 1. The summed E-state index contributed by atoms with van der Waals surface area (Å²) in [5.41, 5.74) is 3.60. The molecule has 1 aromatic heterocycles. The second kappa shape index (κ2) is 8.38. The predicted octanol–water partition coefficient (Wildman–Crippen LogP) is 5.17. The SMILES string of the molecule is Cc1ccc(C(=O)N(CCCN(C)C)c2nc3c(Cl)cccc3s2)c(C)c1. The van der Waals surface area contributed by atoms with Gasteiger partial charge in [0.05, 0.1) is 9.72 Å². The molecular weight excluding hydrogens is 378 g/mol. The molecule has 142 valence electrons. The van der Waals surface area contributed by atoms with Crippen molar-refractivity contribution in [1.29, 1.82) is 0 Å². The van der Waals surface area contributed by atoms with Crippen molar-refractivity contribution in [2.75, 3.05) is 32.1 Å². The van der Waals surface area contributed by atoms with Gasteiger partial charge in [0.15, 0.2) is 5.13 Å². The molecule has 0 radical (unpaired) electrons. The number of hydrogen-bond acceptors (Lipinski definition) is 4. The van der Waals surface area contributed by atoms with Crippen LogP contribution < -0.4 is 4.90 Å². The van der Waals surface area contributed by atoms with Gasteiger partial charge in [0, 0.05) is 12.1 Å². The highest BCUT2D eigenvalue weighted by molar-refractivity contribution is 7.22. The van der Waals surface area contributed by atoms with Crippen LogP contribution >= 0.6 is 22.9 Å². The average Bonchev–Trinajstić information content (AvgIpc) is 3.03. The minimum Gasteiger partial charge on any atom is -0.309 e. The van der Waals surface area contributed by atoms with Gasteiger partial charge in [-0.3, -0.25) is 9.69 Å². The first-order valence-electron chi connectivity index (χ1n) is 8.95. The summed E-state index contributed by atoms with van der Waals surface area (Å²) in [4.78, 5) is 22.0. The maximum atomic E-state index is 13.4. The summed E-state index contributed by atoms with van der Waals surface area (Å²) in [6.07, 6.45) is 0.868. The van der Waals surface area contributed by atoms with Gasteiger partial charge in [0.2, 0.25) is 0 Å². The number of fused-ring (bicyclic) bond motifs is 1. The number of amides is 1. The number of benzene rings is 2. The molecule has 1 amide bonds. The molecule has 0 atom stereocenters. The van der Waals surface area contributed by atoms with Crippen LogP contribution in [0.1, 0.15) is 27.9 Å². The number of thiazole rings is 1. The van der Waals surface area contributed by atoms with Gasteiger partial charge in [-0.25, -0.2) is 4.98 Å². The minimum atomic E-state index is -0.0126. The van der Waals surface area contributed by atoms with Gasteiger partial charge in [-0.1, -0.05) is 46.7 Å². The van der Waals surface area contributed by atoms with Crippen LogP contribution in [-0.2, 0) is 0 Å². The lowest BCUT2D eigenvalue weighted by molar-refractivity contribution is 0.0985. The van der Waals surface area contributed by atoms with E-state index in [1.54, 1.807) is 4.90 Å². The van der Waals surface area contributed by atoms with Gasteiger partial charge in [-0.2, -0.15) is 0 Å². The molecule has 0 saturated heterocycles. The number of nitrogens with zero attached hydrogens (tertiary/aromatic N) is 3. The fraction of sp³-hybridized carbons (Fsp3) is 0.333. The predicted molar refractivity (Wildman–Crippen MR) is 115 cm³/mol. The molecule has 6 heteroatoms. The number of carbonyl (C=O) groups excluding carboxylic acids is 1. The largest absolute Gasteiger partial charge is 0.309 e. The summed E-state index contributed by atoms with van der Waals surface area (Å²) < 4.78 is 0.989. The summed E-state index contributed by atoms with van der Waals surface area (Å²) in [6.45, 7) is 5.53. The van der Waals surface area contributed by atoms with Crippen LogP contribution in [0, 0.1) is 13.8 Å². The van der Waals surface area contributed by atoms with E-state index in [1.165, 1.54) is 11.3 Å². The van der Waals surface area contributed by atoms with E-state index in [2.05, 4.69) is 9.88 Å². The van der Waals surface area contributed by atoms with E-state index >= 15 is 0 Å². The quantitative estimate of drug-likeness (QED) is 0.572. The van der Waals surface area contributed by atoms with E-state index < -0.39 is 0 Å². The maximum Gasteiger partial charge on any atom is 0.260 e. The van der Waals surface area contributed by atoms with E-state index in [0.29, 0.717) is 16.7 Å². The lowest BCUT2D eigenvalue weighted by atomic mass is 10.0. The summed E-state index contributed by atoms with van der Waals surface area (Å²) in [6, 6.07) is 11.7. The van der Waals surface area contributed by atoms with Gasteiger partial charge in [0.1, 0.15) is 5.52 Å². The van der Waals surface area contributed by atoms with Crippen LogP contribution in [0.4, 0.5) is 5.13 Å². The van der Waals surface area contributed by atoms with Crippen LogP contribution in [-0.4, -0.2) is 43.0 Å². The third-order valence-corrected chi connectivity index (χ3v) is 5.78. The first kappa shape index (κ1) is 19.8. The van der Waals surface area contributed by atoms with Crippen LogP contribution in [0.25, 0.3) is 10.2 Å². The molecule has 2 aromatic carbocycles. The zero-order valence-electron chi connectivity index (χ0n) is 16.1. The fourth-order valence-corrected chi connectivity index (χ4v) is 4.34. The number of rotatable bonds is 6. The highest BCUT2D eigenvalue weighted by atomic mass is 35.5. The Morgan fingerprint density at radius 3 is 2.59 bits per heavy atom. The number of carbonyl (C=O) groups is 1. The number of hydrogen-bond donors (Lipinski definition) is 0. The minimum absolute atomic E-state index is 0.0126. The van der Waals surface area contributed by atoms with E-state index in [9.17, 15) is 4.79 Å². The number of para-hydroxylation sites is 1. The Morgan fingerprint density at radius 2 is 1.93 bits per heavy atom. The lowest BCUT2D eigenvalue weighted by Gasteiger charge is -2.22. The van der Waals surface area contributed by atoms with Crippen molar-refractivity contribution in [3.63, 3.8) is 0 Å². The molecule has 3 aromatic rings. The Balaban J connectivity index is 1.98. The van der Waals surface area contributed by atoms with Crippen molar-refractivity contribution < 1.29 is 4.79 Å². The second-order valence-corrected chi connectivity index (χ2v) is 8.43. The van der Waals surface area contributed by atoms with Crippen LogP contribution in [0.2, 0.25) is 5.02 Å². The number of aryl methyl sites for hydroxylation is 2. The van der Waals surface area contributed by atoms with Crippen molar-refractivity contribution in [3.8, 4) is 0 Å². The summed E-state index contributed by atoms with van der Waals surface area (Å²) in [5.74, 6) is -0.0126. The summed E-state index contributed by atoms with van der Waals surface area (Å²) >= 11 is 7.80. The molecule has 0 spiro atoms. The molecule has 0 unspecified atom stereocenters. The standard InChI is InChI=1S/C21H24ClN3OS/c1-14-9-10-16(15(2)13-14)20(26)25(12-6-11-24(3)4)21-23-19-17(22)7-5-8-18(19)27-21/h5,7-10,13H,6,11-12H2,1-4H3. The highest BCUT2D eigenvalue weighted by Gasteiger charge is 2.23. The van der Waals surface area contributed by atoms with E-state index in [0.717, 1.165) is 39.9 Å². The monoisotopic (exact) mass is 401 g/mol. The molecule has 0 fully saturated rings. The molecule has 0 N–H and O–H groups in total. The molecule has 1 heterocycles. The van der Waals surface area contributed by atoms with Crippen molar-refractivity contribution in [3.05, 3.63) is 58.1 Å². The van der Waals surface area contributed by atoms with Gasteiger partial charge >= 0.3 is 0 Å². The van der Waals surface area contributed by atoms with Crippen LogP contribution in [0.3, 0.4) is 0 Å². The van der Waals surface area contributed by atoms with Gasteiger partial charge in [-0.05, 0) is 64.7 Å². The highest BCUT2D eigenvalue weighted by Crippen LogP contribution is 2.33. The van der Waals surface area contributed by atoms with Crippen molar-refractivity contribution in [2.45, 2.75) is 20.3 Å². The van der Waals surface area contributed by atoms with E-state index in [1.807, 2.05) is 64.3 Å². The maximum absolute atomic E-state index is 13.4. The smallest absolute Gasteiger partial charge is 0.260 e. The Hall–Kier alpha value is -1.95. The van der Waals surface area contributed by atoms with Crippen LogP contribution in [0.15, 0.2) is 36.4 Å². The third kappa shape index (κ3) is 4.49. The van der Waals surface area contributed by atoms with Gasteiger partial charge in [-0.15, -0.1) is 0 Å². The average molecular weight is 402 g/mol. The van der Waals surface area contributed by atoms with Crippen molar-refractivity contribution >= 4 is 44.2 Å². The van der Waals surface area contributed by atoms with Gasteiger partial charge in [0.25, 0.3) is 5.91 Å². The Morgan fingerprint density at radius 1 is 1.15 bits per heavy atom. The van der Waals surface area contributed by atoms with Crippen LogP contribution in [0.5, 0.6) is 0 Å². The number of anilines is 1. The normalized spacial score (nSPS) is 11.3. The van der Waals surface area contributed by atoms with E-state index in [4.69, 9.17) is 11.6 Å². The molecule has 0 aliphatic carbocycles. The van der Waals surface area contributed by atoms with Gasteiger partial charge < -0.3 is 4.90 Å². The van der Waals surface area contributed by atoms with E-state index in [-0.39, 0.29) is 5.91 Å². The second-order valence-electron chi connectivity index (χ2n) is 7.02. The zero-order chi connectivity index (χ0) is 19.6. The zero-order valence-corrected chi connectivity index (χ0v) is 17.7. The molecule has 0 aliphatic heterocycles. The molecule has 0 bridgehead atoms. The number of aromatic nitrogens is 1. The first-order chi connectivity index (χ1) is 12.9. The molecule has 0 saturated carbocycles. The first-order valence-corrected chi connectivity index (χ1v) is 10.1. The molecule has 27 heavy (non-hydrogen) atoms. The molecule has 3 rings (SSSR count). The van der Waals surface area contributed by atoms with Crippen molar-refractivity contribution in [2.24, 2.45) is 0 Å². The summed E-state index contributed by atoms with van der Waals surface area (Å²) in [7, 11) is 4.07. The third-order valence-electron chi connectivity index (χ3n) is 4.43. The Kier molecular flexibility index (Phi) is 6.15. The Labute approximate surface area is 169 Å². The molecular formula is C21H24ClN3OS. The fourth-order valence-electron chi connectivity index (χ4n) is 3.05. The Bertz CT molecular complexity index is 967. The van der Waals surface area contributed by atoms with Crippen molar-refractivity contribution in [1.82, 2.24) is 9.88 Å². The molecule has 0 aliphatic rings. The molecule has 4 nitrogen and oxygen atoms in total. The summed E-state index contributed by atoms with van der Waals surface area (Å²) in [5, 5.41) is 1.31. The lowest BCUT2D eigenvalue weighted by Crippen LogP contribution is -2.33.